The first-order valence-corrected chi connectivity index (χ1v) is 10.3. The lowest BCUT2D eigenvalue weighted by Gasteiger charge is -2.37. The van der Waals surface area contributed by atoms with Crippen molar-refractivity contribution in [3.8, 4) is 0 Å². The predicted octanol–water partition coefficient (Wildman–Crippen LogP) is 2.23. The van der Waals surface area contributed by atoms with Gasteiger partial charge in [0.05, 0.1) is 5.00 Å². The number of hydrogen-bond donors (Lipinski definition) is 1. The first kappa shape index (κ1) is 20.4. The minimum Gasteiger partial charge on any atom is -0.360 e. The lowest BCUT2D eigenvalue weighted by molar-refractivity contribution is 0.339. The largest absolute Gasteiger partial charge is 0.360 e. The van der Waals surface area contributed by atoms with Crippen molar-refractivity contribution in [2.75, 3.05) is 44.7 Å². The van der Waals surface area contributed by atoms with Gasteiger partial charge in [-0.2, -0.15) is 0 Å². The van der Waals surface area contributed by atoms with Crippen LogP contribution in [0.2, 0.25) is 0 Å². The van der Waals surface area contributed by atoms with Crippen LogP contribution in [-0.4, -0.2) is 65.4 Å². The lowest BCUT2D eigenvalue weighted by atomic mass is 9.99. The molecule has 0 aromatic carbocycles. The highest BCUT2D eigenvalue weighted by Crippen LogP contribution is 2.22. The van der Waals surface area contributed by atoms with E-state index in [2.05, 4.69) is 52.4 Å². The van der Waals surface area contributed by atoms with Crippen molar-refractivity contribution in [3.05, 3.63) is 29.2 Å². The number of aryl methyl sites for hydroxylation is 2. The molecule has 0 bridgehead atoms. The summed E-state index contributed by atoms with van der Waals surface area (Å²) in [6.45, 7) is 8.12. The molecule has 1 fully saturated rings. The summed E-state index contributed by atoms with van der Waals surface area (Å²) >= 11 is 1.82. The van der Waals surface area contributed by atoms with Gasteiger partial charge in [0.25, 0.3) is 0 Å². The van der Waals surface area contributed by atoms with Gasteiger partial charge in [-0.25, -0.2) is 0 Å². The van der Waals surface area contributed by atoms with Crippen molar-refractivity contribution in [1.29, 1.82) is 0 Å². The number of guanidine groups is 1. The lowest BCUT2D eigenvalue weighted by Crippen LogP contribution is -2.53. The van der Waals surface area contributed by atoms with Crippen molar-refractivity contribution in [1.82, 2.24) is 25.0 Å². The zero-order valence-electron chi connectivity index (χ0n) is 16.0. The third kappa shape index (κ3) is 4.56. The van der Waals surface area contributed by atoms with Gasteiger partial charge in [-0.3, -0.25) is 4.99 Å². The molecule has 7 nitrogen and oxygen atoms in total. The number of nitrogens with one attached hydrogen (secondary N) is 1. The molecular formula is C18H28IN7S. The summed E-state index contributed by atoms with van der Waals surface area (Å²) < 4.78 is 2.26. The third-order valence-electron chi connectivity index (χ3n) is 5.39. The van der Waals surface area contributed by atoms with E-state index >= 15 is 0 Å². The van der Waals surface area contributed by atoms with Crippen LogP contribution in [0.3, 0.4) is 0 Å². The first-order valence-electron chi connectivity index (χ1n) is 9.37. The molecule has 148 valence electrons. The standard InChI is InChI=1S/C18H27N7S.HI/c1-14-21-22-16-6-5-15(13-25(14)16)12-20-18(19-2)24-9-7-23(8-10-24)17-4-3-11-26-17;/h3-4,11,15H,5-10,12-13H2,1-2H3,(H,19,20);1H. The Morgan fingerprint density at radius 3 is 2.81 bits per heavy atom. The Kier molecular flexibility index (Phi) is 6.96. The normalized spacial score (nSPS) is 20.2. The molecule has 2 aromatic rings. The molecule has 2 aliphatic heterocycles. The number of aromatic nitrogens is 3. The van der Waals surface area contributed by atoms with E-state index in [1.54, 1.807) is 0 Å². The van der Waals surface area contributed by atoms with Crippen LogP contribution < -0.4 is 10.2 Å². The Labute approximate surface area is 181 Å². The minimum atomic E-state index is 0. The number of hydrogen-bond acceptors (Lipinski definition) is 5. The van der Waals surface area contributed by atoms with Gasteiger partial charge in [-0.05, 0) is 36.8 Å². The van der Waals surface area contributed by atoms with Crippen LogP contribution in [0.1, 0.15) is 18.1 Å². The van der Waals surface area contributed by atoms with E-state index in [0.29, 0.717) is 5.92 Å². The highest BCUT2D eigenvalue weighted by atomic mass is 127. The molecule has 2 aromatic heterocycles. The molecule has 2 aliphatic rings. The van der Waals surface area contributed by atoms with Crippen LogP contribution in [0.15, 0.2) is 22.5 Å². The van der Waals surface area contributed by atoms with Gasteiger partial charge in [-0.15, -0.1) is 45.5 Å². The number of rotatable bonds is 3. The number of aliphatic imine (C=N–C) groups is 1. The van der Waals surface area contributed by atoms with Gasteiger partial charge in [0.15, 0.2) is 5.96 Å². The Morgan fingerprint density at radius 2 is 2.11 bits per heavy atom. The van der Waals surface area contributed by atoms with Gasteiger partial charge in [0.2, 0.25) is 0 Å². The Morgan fingerprint density at radius 1 is 1.30 bits per heavy atom. The van der Waals surface area contributed by atoms with Gasteiger partial charge in [-0.1, -0.05) is 0 Å². The van der Waals surface area contributed by atoms with Crippen LogP contribution >= 0.6 is 35.3 Å². The van der Waals surface area contributed by atoms with E-state index in [-0.39, 0.29) is 24.0 Å². The van der Waals surface area contributed by atoms with E-state index in [9.17, 15) is 0 Å². The van der Waals surface area contributed by atoms with Gasteiger partial charge in [0, 0.05) is 52.7 Å². The summed E-state index contributed by atoms with van der Waals surface area (Å²) in [5.74, 6) is 3.79. The number of thiophene rings is 1. The maximum atomic E-state index is 4.52. The van der Waals surface area contributed by atoms with E-state index in [1.807, 2.05) is 25.3 Å². The van der Waals surface area contributed by atoms with Crippen LogP contribution in [0, 0.1) is 12.8 Å². The summed E-state index contributed by atoms with van der Waals surface area (Å²) in [4.78, 5) is 9.36. The maximum absolute atomic E-state index is 4.52. The Balaban J connectivity index is 0.00000210. The van der Waals surface area contributed by atoms with Crippen LogP contribution in [0.5, 0.6) is 0 Å². The van der Waals surface area contributed by atoms with Crippen molar-refractivity contribution >= 4 is 46.3 Å². The number of anilines is 1. The molecule has 1 N–H and O–H groups in total. The van der Waals surface area contributed by atoms with Gasteiger partial charge in [0.1, 0.15) is 11.6 Å². The quantitative estimate of drug-likeness (QED) is 0.397. The van der Waals surface area contributed by atoms with Crippen molar-refractivity contribution in [2.24, 2.45) is 10.9 Å². The molecule has 27 heavy (non-hydrogen) atoms. The van der Waals surface area contributed by atoms with Crippen molar-refractivity contribution in [2.45, 2.75) is 26.3 Å². The van der Waals surface area contributed by atoms with E-state index in [1.165, 1.54) is 5.00 Å². The fourth-order valence-electron chi connectivity index (χ4n) is 3.85. The number of piperazine rings is 1. The summed E-state index contributed by atoms with van der Waals surface area (Å²) in [6.07, 6.45) is 2.18. The van der Waals surface area contributed by atoms with Crippen molar-refractivity contribution in [3.63, 3.8) is 0 Å². The molecule has 0 spiro atoms. The molecule has 0 aliphatic carbocycles. The van der Waals surface area contributed by atoms with Gasteiger partial charge < -0.3 is 19.7 Å². The van der Waals surface area contributed by atoms with E-state index in [4.69, 9.17) is 0 Å². The number of nitrogens with zero attached hydrogens (tertiary/aromatic N) is 6. The molecule has 1 saturated heterocycles. The third-order valence-corrected chi connectivity index (χ3v) is 6.32. The zero-order chi connectivity index (χ0) is 17.9. The highest BCUT2D eigenvalue weighted by molar-refractivity contribution is 14.0. The maximum Gasteiger partial charge on any atom is 0.193 e. The first-order chi connectivity index (χ1) is 12.7. The average molecular weight is 501 g/mol. The molecule has 0 saturated carbocycles. The fourth-order valence-corrected chi connectivity index (χ4v) is 4.64. The number of fused-ring (bicyclic) bond motifs is 1. The molecule has 1 unspecified atom stereocenters. The molecule has 9 heteroatoms. The summed E-state index contributed by atoms with van der Waals surface area (Å²) in [5, 5.41) is 15.6. The second-order valence-corrected chi connectivity index (χ2v) is 7.96. The molecule has 4 rings (SSSR count). The SMILES string of the molecule is CN=C(NCC1CCc2nnc(C)n2C1)N1CCN(c2cccs2)CC1.I. The topological polar surface area (TPSA) is 61.6 Å². The van der Waals surface area contributed by atoms with Gasteiger partial charge >= 0.3 is 0 Å². The smallest absolute Gasteiger partial charge is 0.193 e. The Hall–Kier alpha value is -1.36. The monoisotopic (exact) mass is 501 g/mol. The molecule has 4 heterocycles. The molecular weight excluding hydrogens is 473 g/mol. The predicted molar refractivity (Wildman–Crippen MR) is 121 cm³/mol. The second kappa shape index (κ2) is 9.22. The van der Waals surface area contributed by atoms with Crippen molar-refractivity contribution < 1.29 is 0 Å². The number of halogens is 1. The van der Waals surface area contributed by atoms with Crippen LogP contribution in [-0.2, 0) is 13.0 Å². The highest BCUT2D eigenvalue weighted by Gasteiger charge is 2.24. The van der Waals surface area contributed by atoms with E-state index in [0.717, 1.165) is 69.7 Å². The summed E-state index contributed by atoms with van der Waals surface area (Å²) in [7, 11) is 1.89. The molecule has 0 amide bonds. The summed E-state index contributed by atoms with van der Waals surface area (Å²) in [5.41, 5.74) is 0. The summed E-state index contributed by atoms with van der Waals surface area (Å²) in [6, 6.07) is 4.33. The second-order valence-electron chi connectivity index (χ2n) is 7.03. The zero-order valence-corrected chi connectivity index (χ0v) is 19.1. The van der Waals surface area contributed by atoms with Crippen LogP contribution in [0.4, 0.5) is 5.00 Å². The minimum absolute atomic E-state index is 0. The van der Waals surface area contributed by atoms with Crippen LogP contribution in [0.25, 0.3) is 0 Å². The molecule has 1 atom stereocenters. The molecule has 0 radical (unpaired) electrons. The fraction of sp³-hybridized carbons (Fsp3) is 0.611. The Bertz CT molecular complexity index is 750. The average Bonchev–Trinajstić information content (AvgIpc) is 3.33. The van der Waals surface area contributed by atoms with E-state index < -0.39 is 0 Å².